The van der Waals surface area contributed by atoms with E-state index in [0.29, 0.717) is 17.1 Å². The summed E-state index contributed by atoms with van der Waals surface area (Å²) in [6.07, 6.45) is 1.59. The van der Waals surface area contributed by atoms with Crippen molar-refractivity contribution in [2.24, 2.45) is 7.05 Å². The number of allylic oxidation sites excluding steroid dienone is 1. The first-order valence-electron chi connectivity index (χ1n) is 11.4. The molecule has 3 N–H and O–H groups in total. The number of nitrogens with zero attached hydrogens (tertiary/aromatic N) is 4. The van der Waals surface area contributed by atoms with Crippen LogP contribution in [0, 0.1) is 11.2 Å². The summed E-state index contributed by atoms with van der Waals surface area (Å²) in [5, 5.41) is 12.6. The minimum atomic E-state index is -4.91. The van der Waals surface area contributed by atoms with Gasteiger partial charge in [-0.1, -0.05) is 12.8 Å². The van der Waals surface area contributed by atoms with E-state index in [4.69, 9.17) is 5.41 Å². The summed E-state index contributed by atoms with van der Waals surface area (Å²) < 4.78 is 55.6. The summed E-state index contributed by atoms with van der Waals surface area (Å²) in [7, 11) is 3.19. The summed E-state index contributed by atoms with van der Waals surface area (Å²) in [6.45, 7) is -0.172. The number of aryl methyl sites for hydroxylation is 1. The van der Waals surface area contributed by atoms with Gasteiger partial charge in [-0.25, -0.2) is 19.3 Å². The normalized spacial score (nSPS) is 14.9. The van der Waals surface area contributed by atoms with Crippen LogP contribution in [-0.4, -0.2) is 44.4 Å². The predicted octanol–water partition coefficient (Wildman–Crippen LogP) is 4.23. The number of amides is 1. The van der Waals surface area contributed by atoms with Crippen LogP contribution < -0.4 is 10.6 Å². The number of halogens is 4. The lowest BCUT2D eigenvalue weighted by Crippen LogP contribution is -2.25. The molecule has 8 nitrogen and oxygen atoms in total. The molecular formula is C24H25F4N7O. The maximum absolute atomic E-state index is 14.3. The lowest BCUT2D eigenvalue weighted by atomic mass is 9.99. The van der Waals surface area contributed by atoms with Gasteiger partial charge in [-0.15, -0.1) is 0 Å². The third kappa shape index (κ3) is 5.07. The highest BCUT2D eigenvalue weighted by atomic mass is 19.4. The Morgan fingerprint density at radius 3 is 2.61 bits per heavy atom. The van der Waals surface area contributed by atoms with Crippen molar-refractivity contribution in [1.82, 2.24) is 30.2 Å². The maximum Gasteiger partial charge on any atom is 0.433 e. The summed E-state index contributed by atoms with van der Waals surface area (Å²) in [6, 6.07) is 3.31. The fraction of sp³-hybridized carbons (Fsp3) is 0.375. The van der Waals surface area contributed by atoms with Crippen LogP contribution in [0.4, 0.5) is 17.6 Å². The number of imidazole rings is 1. The largest absolute Gasteiger partial charge is 0.433 e. The lowest BCUT2D eigenvalue weighted by molar-refractivity contribution is -0.0578. The van der Waals surface area contributed by atoms with Crippen LogP contribution in [0.1, 0.15) is 59.0 Å². The molecule has 0 bridgehead atoms. The van der Waals surface area contributed by atoms with E-state index in [2.05, 4.69) is 25.6 Å². The fourth-order valence-corrected chi connectivity index (χ4v) is 4.54. The fourth-order valence-electron chi connectivity index (χ4n) is 4.54. The van der Waals surface area contributed by atoms with E-state index in [-0.39, 0.29) is 23.4 Å². The highest BCUT2D eigenvalue weighted by molar-refractivity contribution is 6.24. The van der Waals surface area contributed by atoms with Crippen molar-refractivity contribution < 1.29 is 22.4 Å². The smallest absolute Gasteiger partial charge is 0.393 e. The van der Waals surface area contributed by atoms with Crippen LogP contribution in [0.15, 0.2) is 30.7 Å². The second kappa shape index (κ2) is 10.0. The Morgan fingerprint density at radius 1 is 1.22 bits per heavy atom. The SMILES string of the molecule is CN/C=C(\C(=N)C(F)(F)F)c1cc(F)cc(CNC(=O)c2ncnc3nc(C4CCCC4)n(C)c23)c1. The monoisotopic (exact) mass is 503 g/mol. The van der Waals surface area contributed by atoms with Crippen molar-refractivity contribution in [3.05, 3.63) is 59.2 Å². The highest BCUT2D eigenvalue weighted by Gasteiger charge is 2.37. The van der Waals surface area contributed by atoms with Gasteiger partial charge in [0.25, 0.3) is 5.91 Å². The third-order valence-electron chi connectivity index (χ3n) is 6.20. The van der Waals surface area contributed by atoms with Crippen LogP contribution in [0.25, 0.3) is 16.7 Å². The average molecular weight is 504 g/mol. The molecule has 3 aromatic rings. The first-order valence-corrected chi connectivity index (χ1v) is 11.4. The molecule has 1 aliphatic carbocycles. The van der Waals surface area contributed by atoms with Crippen LogP contribution in [0.3, 0.4) is 0 Å². The molecule has 1 fully saturated rings. The molecule has 190 valence electrons. The first kappa shape index (κ1) is 25.3. The van der Waals surface area contributed by atoms with Gasteiger partial charge in [0.05, 0.1) is 0 Å². The van der Waals surface area contributed by atoms with E-state index in [1.165, 1.54) is 19.4 Å². The summed E-state index contributed by atoms with van der Waals surface area (Å²) in [5.41, 5.74) is -1.08. The van der Waals surface area contributed by atoms with Crippen molar-refractivity contribution in [2.75, 3.05) is 7.05 Å². The Kier molecular flexibility index (Phi) is 7.04. The zero-order chi connectivity index (χ0) is 26.0. The number of aromatic nitrogens is 4. The molecule has 0 atom stereocenters. The van der Waals surface area contributed by atoms with Crippen molar-refractivity contribution in [1.29, 1.82) is 5.41 Å². The van der Waals surface area contributed by atoms with Gasteiger partial charge < -0.3 is 15.2 Å². The Morgan fingerprint density at radius 2 is 1.94 bits per heavy atom. The molecule has 0 spiro atoms. The molecule has 1 saturated carbocycles. The molecule has 1 amide bonds. The summed E-state index contributed by atoms with van der Waals surface area (Å²) in [4.78, 5) is 26.0. The molecule has 1 aliphatic rings. The second-order valence-electron chi connectivity index (χ2n) is 8.66. The van der Waals surface area contributed by atoms with Crippen molar-refractivity contribution in [2.45, 2.75) is 44.3 Å². The van der Waals surface area contributed by atoms with E-state index in [1.54, 1.807) is 0 Å². The van der Waals surface area contributed by atoms with E-state index in [0.717, 1.165) is 49.8 Å². The summed E-state index contributed by atoms with van der Waals surface area (Å²) in [5.74, 6) is -0.210. The zero-order valence-corrected chi connectivity index (χ0v) is 19.7. The van der Waals surface area contributed by atoms with Gasteiger partial charge >= 0.3 is 6.18 Å². The van der Waals surface area contributed by atoms with Gasteiger partial charge in [0.2, 0.25) is 0 Å². The van der Waals surface area contributed by atoms with Crippen molar-refractivity contribution in [3.8, 4) is 0 Å². The van der Waals surface area contributed by atoms with Gasteiger partial charge in [0.15, 0.2) is 11.3 Å². The molecule has 12 heteroatoms. The standard InChI is InChI=1S/C24H25F4N7O/c1-30-11-17(20(29)24(26,27)28)15-7-13(8-16(25)9-15)10-31-23(36)18-19-21(33-12-32-18)34-22(35(19)2)14-5-3-4-6-14/h7-9,11-12,14,29-30H,3-6,10H2,1-2H3,(H,31,36)/b17-11-,29-20?. The molecule has 2 heterocycles. The second-order valence-corrected chi connectivity index (χ2v) is 8.66. The van der Waals surface area contributed by atoms with Gasteiger partial charge in [0, 0.05) is 38.3 Å². The number of nitrogens with one attached hydrogen (secondary N) is 3. The van der Waals surface area contributed by atoms with Crippen LogP contribution >= 0.6 is 0 Å². The number of fused-ring (bicyclic) bond motifs is 1. The van der Waals surface area contributed by atoms with E-state index < -0.39 is 29.2 Å². The van der Waals surface area contributed by atoms with Crippen molar-refractivity contribution in [3.63, 3.8) is 0 Å². The van der Waals surface area contributed by atoms with Gasteiger partial charge in [-0.05, 0) is 42.2 Å². The minimum absolute atomic E-state index is 0.102. The molecular weight excluding hydrogens is 478 g/mol. The van der Waals surface area contributed by atoms with Gasteiger partial charge in [-0.3, -0.25) is 10.2 Å². The van der Waals surface area contributed by atoms with Crippen LogP contribution in [0.5, 0.6) is 0 Å². The lowest BCUT2D eigenvalue weighted by Gasteiger charge is -2.14. The Balaban J connectivity index is 1.59. The molecule has 36 heavy (non-hydrogen) atoms. The molecule has 0 saturated heterocycles. The third-order valence-corrected chi connectivity index (χ3v) is 6.20. The van der Waals surface area contributed by atoms with Crippen LogP contribution in [0.2, 0.25) is 0 Å². The molecule has 1 aromatic carbocycles. The minimum Gasteiger partial charge on any atom is -0.393 e. The average Bonchev–Trinajstić information content (AvgIpc) is 3.47. The zero-order valence-electron chi connectivity index (χ0n) is 19.7. The van der Waals surface area contributed by atoms with Crippen molar-refractivity contribution >= 4 is 28.4 Å². The summed E-state index contributed by atoms with van der Waals surface area (Å²) >= 11 is 0. The Hall–Kier alpha value is -3.83. The van der Waals surface area contributed by atoms with Crippen LogP contribution in [-0.2, 0) is 13.6 Å². The molecule has 0 radical (unpaired) electrons. The quantitative estimate of drug-likeness (QED) is 0.330. The maximum atomic E-state index is 14.3. The van der Waals surface area contributed by atoms with Gasteiger partial charge in [0.1, 0.15) is 29.2 Å². The molecule has 0 unspecified atom stereocenters. The topological polar surface area (TPSA) is 109 Å². The Labute approximate surface area is 204 Å². The molecule has 2 aromatic heterocycles. The van der Waals surface area contributed by atoms with E-state index in [1.807, 2.05) is 11.6 Å². The van der Waals surface area contributed by atoms with E-state index in [9.17, 15) is 22.4 Å². The van der Waals surface area contributed by atoms with E-state index >= 15 is 0 Å². The first-order chi connectivity index (χ1) is 17.1. The van der Waals surface area contributed by atoms with Gasteiger partial charge in [-0.2, -0.15) is 13.2 Å². The Bertz CT molecular complexity index is 1340. The number of rotatable bonds is 7. The number of hydrogen-bond acceptors (Lipinski definition) is 6. The number of carbonyl (C=O) groups is 1. The number of hydrogen-bond donors (Lipinski definition) is 3. The number of benzene rings is 1. The number of alkyl halides is 3. The molecule has 4 rings (SSSR count). The predicted molar refractivity (Wildman–Crippen MR) is 126 cm³/mol. The highest BCUT2D eigenvalue weighted by Crippen LogP contribution is 2.34. The molecule has 0 aliphatic heterocycles. The number of carbonyl (C=O) groups excluding carboxylic acids is 1.